The van der Waals surface area contributed by atoms with Crippen molar-refractivity contribution in [2.45, 2.75) is 19.5 Å². The average molecular weight is 239 g/mol. The van der Waals surface area contributed by atoms with Crippen LogP contribution in [-0.2, 0) is 6.54 Å². The van der Waals surface area contributed by atoms with Gasteiger partial charge in [0, 0.05) is 31.7 Å². The Morgan fingerprint density at radius 2 is 2.41 bits per heavy atom. The maximum atomic E-state index is 10.7. The van der Waals surface area contributed by atoms with Crippen LogP contribution >= 0.6 is 0 Å². The molecule has 1 aliphatic heterocycles. The molecule has 1 N–H and O–H groups in total. The predicted molar refractivity (Wildman–Crippen MR) is 60.8 cm³/mol. The third kappa shape index (κ3) is 2.83. The van der Waals surface area contributed by atoms with Crippen LogP contribution in [0, 0.1) is 0 Å². The van der Waals surface area contributed by atoms with Crippen molar-refractivity contribution < 1.29 is 14.4 Å². The Kier molecular flexibility index (Phi) is 3.44. The van der Waals surface area contributed by atoms with Gasteiger partial charge in [0.2, 0.25) is 0 Å². The van der Waals surface area contributed by atoms with Crippen molar-refractivity contribution >= 4 is 5.97 Å². The van der Waals surface area contributed by atoms with Crippen LogP contribution in [0.2, 0.25) is 0 Å². The van der Waals surface area contributed by atoms with Crippen molar-refractivity contribution in [1.29, 1.82) is 0 Å². The second-order valence-corrected chi connectivity index (χ2v) is 4.55. The summed E-state index contributed by atoms with van der Waals surface area (Å²) < 4.78 is 5.00. The predicted octanol–water partition coefficient (Wildman–Crippen LogP) is 0.509. The first-order valence-electron chi connectivity index (χ1n) is 5.67. The first-order valence-corrected chi connectivity index (χ1v) is 5.67. The molecule has 0 amide bonds. The number of carbonyl (C=O) groups is 1. The molecule has 1 aromatic rings. The number of aromatic nitrogens is 1. The molecular weight excluding hydrogens is 222 g/mol. The van der Waals surface area contributed by atoms with Gasteiger partial charge in [-0.25, -0.2) is 4.79 Å². The summed E-state index contributed by atoms with van der Waals surface area (Å²) in [6.45, 7) is 5.73. The van der Waals surface area contributed by atoms with Crippen LogP contribution in [0.5, 0.6) is 0 Å². The molecule has 2 heterocycles. The standard InChI is InChI=1S/C11H17N3O3/c1-8-6-14(4-3-13(8)2)7-9-5-10(11(15)16)12-17-9/h5,8H,3-4,6-7H2,1-2H3,(H,15,16). The van der Waals surface area contributed by atoms with Gasteiger partial charge in [-0.3, -0.25) is 4.90 Å². The SMILES string of the molecule is CC1CN(Cc2cc(C(=O)O)no2)CCN1C. The highest BCUT2D eigenvalue weighted by Crippen LogP contribution is 2.12. The van der Waals surface area contributed by atoms with Gasteiger partial charge in [0.15, 0.2) is 11.5 Å². The molecule has 1 aromatic heterocycles. The van der Waals surface area contributed by atoms with E-state index < -0.39 is 5.97 Å². The van der Waals surface area contributed by atoms with Crippen molar-refractivity contribution in [2.24, 2.45) is 0 Å². The van der Waals surface area contributed by atoms with E-state index in [4.69, 9.17) is 9.63 Å². The highest BCUT2D eigenvalue weighted by Gasteiger charge is 2.22. The lowest BCUT2D eigenvalue weighted by Crippen LogP contribution is -2.49. The summed E-state index contributed by atoms with van der Waals surface area (Å²) >= 11 is 0. The van der Waals surface area contributed by atoms with Gasteiger partial charge in [-0.2, -0.15) is 0 Å². The Bertz CT molecular complexity index is 404. The molecule has 0 aromatic carbocycles. The van der Waals surface area contributed by atoms with Gasteiger partial charge >= 0.3 is 5.97 Å². The summed E-state index contributed by atoms with van der Waals surface area (Å²) in [6.07, 6.45) is 0. The van der Waals surface area contributed by atoms with Crippen LogP contribution in [0.25, 0.3) is 0 Å². The normalized spacial score (nSPS) is 22.8. The monoisotopic (exact) mass is 239 g/mol. The summed E-state index contributed by atoms with van der Waals surface area (Å²) in [7, 11) is 2.11. The molecule has 6 nitrogen and oxygen atoms in total. The molecule has 0 saturated carbocycles. The zero-order chi connectivity index (χ0) is 12.4. The highest BCUT2D eigenvalue weighted by atomic mass is 16.5. The number of hydrogen-bond donors (Lipinski definition) is 1. The number of carboxylic acids is 1. The highest BCUT2D eigenvalue weighted by molar-refractivity contribution is 5.85. The van der Waals surface area contributed by atoms with Crippen molar-refractivity contribution in [2.75, 3.05) is 26.7 Å². The summed E-state index contributed by atoms with van der Waals surface area (Å²) in [6, 6.07) is 2.00. The maximum Gasteiger partial charge on any atom is 0.358 e. The third-order valence-electron chi connectivity index (χ3n) is 3.20. The van der Waals surface area contributed by atoms with E-state index in [1.807, 2.05) is 0 Å². The summed E-state index contributed by atoms with van der Waals surface area (Å²) in [5, 5.41) is 12.2. The summed E-state index contributed by atoms with van der Waals surface area (Å²) in [5.41, 5.74) is -0.0258. The lowest BCUT2D eigenvalue weighted by molar-refractivity contribution is 0.0685. The topological polar surface area (TPSA) is 69.8 Å². The van der Waals surface area contributed by atoms with E-state index in [1.165, 1.54) is 6.07 Å². The molecule has 1 unspecified atom stereocenters. The average Bonchev–Trinajstić information content (AvgIpc) is 2.72. The van der Waals surface area contributed by atoms with E-state index in [9.17, 15) is 4.79 Å². The van der Waals surface area contributed by atoms with Crippen molar-refractivity contribution in [1.82, 2.24) is 15.0 Å². The number of likely N-dealkylation sites (N-methyl/N-ethyl adjacent to an activating group) is 1. The third-order valence-corrected chi connectivity index (χ3v) is 3.20. The van der Waals surface area contributed by atoms with E-state index in [1.54, 1.807) is 0 Å². The van der Waals surface area contributed by atoms with E-state index >= 15 is 0 Å². The van der Waals surface area contributed by atoms with Gasteiger partial charge in [0.05, 0.1) is 6.54 Å². The van der Waals surface area contributed by atoms with Gasteiger partial charge < -0.3 is 14.5 Å². The van der Waals surface area contributed by atoms with Crippen molar-refractivity contribution in [3.05, 3.63) is 17.5 Å². The molecule has 1 saturated heterocycles. The van der Waals surface area contributed by atoms with Crippen LogP contribution in [0.3, 0.4) is 0 Å². The maximum absolute atomic E-state index is 10.7. The van der Waals surface area contributed by atoms with E-state index in [0.29, 0.717) is 18.3 Å². The van der Waals surface area contributed by atoms with E-state index in [-0.39, 0.29) is 5.69 Å². The molecular formula is C11H17N3O3. The fourth-order valence-electron chi connectivity index (χ4n) is 1.98. The van der Waals surface area contributed by atoms with Crippen LogP contribution in [0.15, 0.2) is 10.6 Å². The lowest BCUT2D eigenvalue weighted by Gasteiger charge is -2.37. The van der Waals surface area contributed by atoms with Crippen molar-refractivity contribution in [3.63, 3.8) is 0 Å². The molecule has 17 heavy (non-hydrogen) atoms. The quantitative estimate of drug-likeness (QED) is 0.828. The Hall–Kier alpha value is -1.40. The minimum atomic E-state index is -1.05. The smallest absolute Gasteiger partial charge is 0.358 e. The largest absolute Gasteiger partial charge is 0.476 e. The molecule has 1 aliphatic rings. The molecule has 2 rings (SSSR count). The molecule has 6 heteroatoms. The zero-order valence-corrected chi connectivity index (χ0v) is 10.1. The Morgan fingerprint density at radius 1 is 1.65 bits per heavy atom. The van der Waals surface area contributed by atoms with Crippen LogP contribution in [0.4, 0.5) is 0 Å². The Morgan fingerprint density at radius 3 is 3.00 bits per heavy atom. The number of nitrogens with zero attached hydrogens (tertiary/aromatic N) is 3. The number of piperazine rings is 1. The fraction of sp³-hybridized carbons (Fsp3) is 0.636. The summed E-state index contributed by atoms with van der Waals surface area (Å²) in [4.78, 5) is 15.2. The molecule has 0 bridgehead atoms. The Labute approximate surface area is 99.8 Å². The molecule has 0 aliphatic carbocycles. The zero-order valence-electron chi connectivity index (χ0n) is 10.1. The number of carboxylic acid groups (broad SMARTS) is 1. The molecule has 94 valence electrons. The van der Waals surface area contributed by atoms with E-state index in [0.717, 1.165) is 19.6 Å². The number of rotatable bonds is 3. The second kappa shape index (κ2) is 4.85. The van der Waals surface area contributed by atoms with Gasteiger partial charge in [0.1, 0.15) is 0 Å². The molecule has 1 fully saturated rings. The molecule has 1 atom stereocenters. The second-order valence-electron chi connectivity index (χ2n) is 4.55. The van der Waals surface area contributed by atoms with Crippen LogP contribution in [-0.4, -0.2) is 58.8 Å². The summed E-state index contributed by atoms with van der Waals surface area (Å²) in [5.74, 6) is -0.439. The van der Waals surface area contributed by atoms with Crippen LogP contribution in [0.1, 0.15) is 23.2 Å². The minimum absolute atomic E-state index is 0.0258. The lowest BCUT2D eigenvalue weighted by atomic mass is 10.2. The number of aromatic carboxylic acids is 1. The van der Waals surface area contributed by atoms with Gasteiger partial charge in [-0.15, -0.1) is 0 Å². The van der Waals surface area contributed by atoms with E-state index in [2.05, 4.69) is 28.9 Å². The minimum Gasteiger partial charge on any atom is -0.476 e. The van der Waals surface area contributed by atoms with Crippen LogP contribution < -0.4 is 0 Å². The molecule has 0 spiro atoms. The first-order chi connectivity index (χ1) is 8.06. The van der Waals surface area contributed by atoms with Crippen molar-refractivity contribution in [3.8, 4) is 0 Å². The number of hydrogen-bond acceptors (Lipinski definition) is 5. The Balaban J connectivity index is 1.94. The van der Waals surface area contributed by atoms with Gasteiger partial charge in [-0.1, -0.05) is 5.16 Å². The first kappa shape index (κ1) is 12.1. The van der Waals surface area contributed by atoms with Gasteiger partial charge in [0.25, 0.3) is 0 Å². The molecule has 0 radical (unpaired) electrons. The van der Waals surface area contributed by atoms with Gasteiger partial charge in [-0.05, 0) is 14.0 Å². The fourth-order valence-corrected chi connectivity index (χ4v) is 1.98.